The number of anilines is 1. The number of nitrogens with one attached hydrogen (secondary N) is 2. The number of benzene rings is 2. The summed E-state index contributed by atoms with van der Waals surface area (Å²) in [7, 11) is 0. The number of halogens is 1. The number of aromatic amines is 1. The third-order valence-corrected chi connectivity index (χ3v) is 3.83. The fourth-order valence-electron chi connectivity index (χ4n) is 2.12. The summed E-state index contributed by atoms with van der Waals surface area (Å²) in [4.78, 5) is 12.4. The number of rotatable bonds is 2. The van der Waals surface area contributed by atoms with E-state index in [1.807, 2.05) is 37.3 Å². The van der Waals surface area contributed by atoms with Crippen molar-refractivity contribution in [3.63, 3.8) is 0 Å². The molecule has 0 spiro atoms. The lowest BCUT2D eigenvalue weighted by Gasteiger charge is -2.09. The molecule has 3 aromatic rings. The smallest absolute Gasteiger partial charge is 0.257 e. The Morgan fingerprint density at radius 3 is 2.95 bits per heavy atom. The fraction of sp³-hybridized carbons (Fsp3) is 0.0667. The molecule has 0 aliphatic carbocycles. The molecule has 0 aliphatic rings. The van der Waals surface area contributed by atoms with Crippen LogP contribution in [0.3, 0.4) is 0 Å². The van der Waals surface area contributed by atoms with Crippen LogP contribution in [-0.2, 0) is 0 Å². The van der Waals surface area contributed by atoms with Crippen molar-refractivity contribution in [1.29, 1.82) is 0 Å². The summed E-state index contributed by atoms with van der Waals surface area (Å²) in [6.07, 6.45) is 1.71. The molecule has 0 radical (unpaired) electrons. The van der Waals surface area contributed by atoms with Gasteiger partial charge < -0.3 is 5.32 Å². The number of carbonyl (C=O) groups excluding carboxylic acids is 1. The van der Waals surface area contributed by atoms with E-state index in [2.05, 4.69) is 38.1 Å². The van der Waals surface area contributed by atoms with Crippen molar-refractivity contribution >= 4 is 45.1 Å². The zero-order valence-corrected chi connectivity index (χ0v) is 12.9. The molecule has 3 rings (SSSR count). The van der Waals surface area contributed by atoms with Crippen molar-refractivity contribution in [2.75, 3.05) is 5.32 Å². The van der Waals surface area contributed by atoms with Gasteiger partial charge in [-0.2, -0.15) is 5.10 Å². The SMILES string of the molecule is Cc1cc(I)ccc1NC(=O)c1cccc2cn[nH]c12. The van der Waals surface area contributed by atoms with Crippen LogP contribution in [0.15, 0.2) is 42.6 Å². The second-order valence-corrected chi connectivity index (χ2v) is 5.80. The van der Waals surface area contributed by atoms with Gasteiger partial charge >= 0.3 is 0 Å². The van der Waals surface area contributed by atoms with E-state index >= 15 is 0 Å². The van der Waals surface area contributed by atoms with Crippen molar-refractivity contribution in [2.24, 2.45) is 0 Å². The van der Waals surface area contributed by atoms with E-state index in [-0.39, 0.29) is 5.91 Å². The lowest BCUT2D eigenvalue weighted by Crippen LogP contribution is -2.13. The van der Waals surface area contributed by atoms with Crippen molar-refractivity contribution in [3.05, 3.63) is 57.3 Å². The van der Waals surface area contributed by atoms with Crippen molar-refractivity contribution in [2.45, 2.75) is 6.92 Å². The number of hydrogen-bond donors (Lipinski definition) is 2. The highest BCUT2D eigenvalue weighted by atomic mass is 127. The predicted molar refractivity (Wildman–Crippen MR) is 87.9 cm³/mol. The maximum atomic E-state index is 12.4. The van der Waals surface area contributed by atoms with Gasteiger partial charge in [-0.1, -0.05) is 12.1 Å². The zero-order valence-electron chi connectivity index (χ0n) is 10.8. The molecule has 2 aromatic carbocycles. The Balaban J connectivity index is 1.95. The normalized spacial score (nSPS) is 10.7. The molecule has 0 aliphatic heterocycles. The first-order valence-corrected chi connectivity index (χ1v) is 7.22. The molecule has 0 saturated heterocycles. The number of H-pyrrole nitrogens is 1. The van der Waals surface area contributed by atoms with Crippen LogP contribution < -0.4 is 5.32 Å². The van der Waals surface area contributed by atoms with Crippen molar-refractivity contribution < 1.29 is 4.79 Å². The highest BCUT2D eigenvalue weighted by Crippen LogP contribution is 2.21. The Labute approximate surface area is 129 Å². The quantitative estimate of drug-likeness (QED) is 0.669. The number of amides is 1. The Kier molecular flexibility index (Phi) is 3.43. The topological polar surface area (TPSA) is 57.8 Å². The van der Waals surface area contributed by atoms with E-state index in [9.17, 15) is 4.79 Å². The summed E-state index contributed by atoms with van der Waals surface area (Å²) in [5.74, 6) is -0.135. The zero-order chi connectivity index (χ0) is 14.1. The summed E-state index contributed by atoms with van der Waals surface area (Å²) >= 11 is 2.25. The molecule has 2 N–H and O–H groups in total. The van der Waals surface area contributed by atoms with Gasteiger partial charge in [0.2, 0.25) is 0 Å². The first-order valence-electron chi connectivity index (χ1n) is 6.15. The third kappa shape index (κ3) is 2.40. The molecule has 1 heterocycles. The van der Waals surface area contributed by atoms with Gasteiger partial charge in [0, 0.05) is 14.6 Å². The first-order chi connectivity index (χ1) is 9.65. The van der Waals surface area contributed by atoms with Crippen LogP contribution in [0.4, 0.5) is 5.69 Å². The van der Waals surface area contributed by atoms with Gasteiger partial charge in [0.15, 0.2) is 0 Å². The molecular weight excluding hydrogens is 365 g/mol. The Hall–Kier alpha value is -1.89. The number of fused-ring (bicyclic) bond motifs is 1. The third-order valence-electron chi connectivity index (χ3n) is 3.16. The molecule has 4 nitrogen and oxygen atoms in total. The Morgan fingerprint density at radius 2 is 2.15 bits per heavy atom. The van der Waals surface area contributed by atoms with Crippen molar-refractivity contribution in [1.82, 2.24) is 10.2 Å². The minimum atomic E-state index is -0.135. The summed E-state index contributed by atoms with van der Waals surface area (Å²) in [6.45, 7) is 1.98. The predicted octanol–water partition coefficient (Wildman–Crippen LogP) is 3.73. The van der Waals surface area contributed by atoms with Crippen LogP contribution in [0, 0.1) is 10.5 Å². The summed E-state index contributed by atoms with van der Waals surface area (Å²) in [5.41, 5.74) is 3.22. The maximum Gasteiger partial charge on any atom is 0.257 e. The van der Waals surface area contributed by atoms with E-state index in [0.717, 1.165) is 25.7 Å². The van der Waals surface area contributed by atoms with E-state index < -0.39 is 0 Å². The van der Waals surface area contributed by atoms with E-state index in [0.29, 0.717) is 5.56 Å². The molecule has 1 aromatic heterocycles. The molecule has 0 bridgehead atoms. The van der Waals surface area contributed by atoms with E-state index in [1.54, 1.807) is 12.3 Å². The molecule has 1 amide bonds. The average Bonchev–Trinajstić information content (AvgIpc) is 2.90. The summed E-state index contributed by atoms with van der Waals surface area (Å²) in [6, 6.07) is 11.5. The molecule has 20 heavy (non-hydrogen) atoms. The molecule has 0 unspecified atom stereocenters. The molecule has 5 heteroatoms. The van der Waals surface area contributed by atoms with Gasteiger partial charge in [0.05, 0.1) is 17.3 Å². The van der Waals surface area contributed by atoms with Gasteiger partial charge in [-0.15, -0.1) is 0 Å². The van der Waals surface area contributed by atoms with Gasteiger partial charge in [0.1, 0.15) is 0 Å². The standard InChI is InChI=1S/C15H12IN3O/c1-9-7-11(16)5-6-13(9)18-15(20)12-4-2-3-10-8-17-19-14(10)12/h2-8H,1H3,(H,17,19)(H,18,20). The number of hydrogen-bond acceptors (Lipinski definition) is 2. The molecule has 0 fully saturated rings. The fourth-order valence-corrected chi connectivity index (χ4v) is 2.76. The monoisotopic (exact) mass is 377 g/mol. The van der Waals surface area contributed by atoms with Crippen LogP contribution in [0.1, 0.15) is 15.9 Å². The van der Waals surface area contributed by atoms with Crippen molar-refractivity contribution in [3.8, 4) is 0 Å². The van der Waals surface area contributed by atoms with Gasteiger partial charge in [0.25, 0.3) is 5.91 Å². The molecule has 100 valence electrons. The first kappa shape index (κ1) is 13.1. The summed E-state index contributed by atoms with van der Waals surface area (Å²) < 4.78 is 1.15. The van der Waals surface area contributed by atoms with E-state index in [1.165, 1.54) is 0 Å². The second-order valence-electron chi connectivity index (χ2n) is 4.55. The lowest BCUT2D eigenvalue weighted by atomic mass is 10.1. The van der Waals surface area contributed by atoms with Crippen LogP contribution in [-0.4, -0.2) is 16.1 Å². The van der Waals surface area contributed by atoms with Crippen LogP contribution in [0.25, 0.3) is 10.9 Å². The average molecular weight is 377 g/mol. The molecular formula is C15H12IN3O. The van der Waals surface area contributed by atoms with Gasteiger partial charge in [-0.05, 0) is 59.3 Å². The second kappa shape index (κ2) is 5.24. The maximum absolute atomic E-state index is 12.4. The largest absolute Gasteiger partial charge is 0.322 e. The summed E-state index contributed by atoms with van der Waals surface area (Å²) in [5, 5.41) is 10.7. The Bertz CT molecular complexity index is 795. The highest BCUT2D eigenvalue weighted by Gasteiger charge is 2.12. The number of para-hydroxylation sites is 1. The minimum absolute atomic E-state index is 0.135. The number of aryl methyl sites for hydroxylation is 1. The molecule has 0 atom stereocenters. The van der Waals surface area contributed by atoms with Gasteiger partial charge in [-0.3, -0.25) is 9.89 Å². The Morgan fingerprint density at radius 1 is 1.30 bits per heavy atom. The van der Waals surface area contributed by atoms with Gasteiger partial charge in [-0.25, -0.2) is 0 Å². The number of nitrogens with zero attached hydrogens (tertiary/aromatic N) is 1. The van der Waals surface area contributed by atoms with Crippen LogP contribution >= 0.6 is 22.6 Å². The minimum Gasteiger partial charge on any atom is -0.322 e. The lowest BCUT2D eigenvalue weighted by molar-refractivity contribution is 0.102. The number of aromatic nitrogens is 2. The van der Waals surface area contributed by atoms with Crippen LogP contribution in [0.5, 0.6) is 0 Å². The highest BCUT2D eigenvalue weighted by molar-refractivity contribution is 14.1. The van der Waals surface area contributed by atoms with Crippen LogP contribution in [0.2, 0.25) is 0 Å². The number of carbonyl (C=O) groups is 1. The van der Waals surface area contributed by atoms with E-state index in [4.69, 9.17) is 0 Å². The molecule has 0 saturated carbocycles.